The van der Waals surface area contributed by atoms with Gasteiger partial charge in [-0.3, -0.25) is 4.79 Å². The Labute approximate surface area is 122 Å². The van der Waals surface area contributed by atoms with Crippen molar-refractivity contribution in [2.45, 2.75) is 23.8 Å². The number of hydrogen-bond acceptors (Lipinski definition) is 4. The van der Waals surface area contributed by atoms with Gasteiger partial charge in [-0.15, -0.1) is 0 Å². The van der Waals surface area contributed by atoms with Crippen LogP contribution in [0.2, 0.25) is 5.02 Å². The number of sulfonamides is 1. The number of halogens is 1. The number of methoxy groups -OCH3 is 1. The van der Waals surface area contributed by atoms with Crippen LogP contribution in [0.5, 0.6) is 5.75 Å². The standard InChI is InChI=1S/C12H14ClNO5S/c1-12(11(15)16)5-6-14(12)20(17,18)10-4-3-8(19-2)7-9(10)13/h3-4,7H,5-6H2,1-2H3,(H,15,16). The molecule has 1 aliphatic heterocycles. The highest BCUT2D eigenvalue weighted by Crippen LogP contribution is 2.38. The Balaban J connectivity index is 2.44. The first-order chi connectivity index (χ1) is 9.23. The van der Waals surface area contributed by atoms with Gasteiger partial charge in [0.15, 0.2) is 0 Å². The minimum atomic E-state index is -3.95. The molecule has 1 unspecified atom stereocenters. The van der Waals surface area contributed by atoms with Gasteiger partial charge in [-0.25, -0.2) is 8.42 Å². The van der Waals surface area contributed by atoms with Crippen LogP contribution in [0.1, 0.15) is 13.3 Å². The van der Waals surface area contributed by atoms with E-state index >= 15 is 0 Å². The third-order valence-corrected chi connectivity index (χ3v) is 6.02. The lowest BCUT2D eigenvalue weighted by Crippen LogP contribution is -2.64. The molecular weight excluding hydrogens is 306 g/mol. The fourth-order valence-electron chi connectivity index (χ4n) is 2.07. The number of aliphatic carboxylic acids is 1. The van der Waals surface area contributed by atoms with Gasteiger partial charge in [-0.1, -0.05) is 11.6 Å². The second-order valence-corrected chi connectivity index (χ2v) is 6.94. The Kier molecular flexibility index (Phi) is 3.70. The Hall–Kier alpha value is -1.31. The molecule has 2 rings (SSSR count). The quantitative estimate of drug-likeness (QED) is 0.911. The SMILES string of the molecule is COc1ccc(S(=O)(=O)N2CCC2(C)C(=O)O)c(Cl)c1. The van der Waals surface area contributed by atoms with Crippen molar-refractivity contribution in [1.82, 2.24) is 4.31 Å². The predicted molar refractivity (Wildman–Crippen MR) is 72.6 cm³/mol. The lowest BCUT2D eigenvalue weighted by atomic mass is 9.90. The third-order valence-electron chi connectivity index (χ3n) is 3.52. The topological polar surface area (TPSA) is 83.9 Å². The fourth-order valence-corrected chi connectivity index (χ4v) is 4.35. The Bertz CT molecular complexity index is 660. The van der Waals surface area contributed by atoms with Gasteiger partial charge in [0.1, 0.15) is 16.2 Å². The Morgan fingerprint density at radius 3 is 2.55 bits per heavy atom. The van der Waals surface area contributed by atoms with Crippen molar-refractivity contribution in [3.63, 3.8) is 0 Å². The molecule has 0 amide bonds. The van der Waals surface area contributed by atoms with Crippen molar-refractivity contribution in [3.05, 3.63) is 23.2 Å². The number of carboxylic acid groups (broad SMARTS) is 1. The first-order valence-electron chi connectivity index (χ1n) is 5.83. The lowest BCUT2D eigenvalue weighted by molar-refractivity contribution is -0.153. The molecule has 1 fully saturated rings. The zero-order chi connectivity index (χ0) is 15.1. The molecule has 1 N–H and O–H groups in total. The maximum Gasteiger partial charge on any atom is 0.324 e. The van der Waals surface area contributed by atoms with Crippen molar-refractivity contribution in [2.75, 3.05) is 13.7 Å². The van der Waals surface area contributed by atoms with Crippen LogP contribution in [0.15, 0.2) is 23.1 Å². The molecule has 1 aromatic carbocycles. The molecular formula is C12H14ClNO5S. The van der Waals surface area contributed by atoms with Gasteiger partial charge in [-0.2, -0.15) is 4.31 Å². The summed E-state index contributed by atoms with van der Waals surface area (Å²) in [5.74, 6) is -0.740. The molecule has 0 bridgehead atoms. The van der Waals surface area contributed by atoms with E-state index in [2.05, 4.69) is 0 Å². The van der Waals surface area contributed by atoms with Crippen LogP contribution in [-0.2, 0) is 14.8 Å². The van der Waals surface area contributed by atoms with Crippen LogP contribution in [0.25, 0.3) is 0 Å². The van der Waals surface area contributed by atoms with Gasteiger partial charge >= 0.3 is 5.97 Å². The summed E-state index contributed by atoms with van der Waals surface area (Å²) >= 11 is 5.96. The first kappa shape index (κ1) is 15.1. The molecule has 0 saturated carbocycles. The maximum absolute atomic E-state index is 12.5. The van der Waals surface area contributed by atoms with Crippen LogP contribution >= 0.6 is 11.6 Å². The van der Waals surface area contributed by atoms with E-state index in [0.717, 1.165) is 4.31 Å². The summed E-state index contributed by atoms with van der Waals surface area (Å²) in [6.07, 6.45) is 0.273. The minimum absolute atomic E-state index is 0.00369. The van der Waals surface area contributed by atoms with Gasteiger partial charge < -0.3 is 9.84 Å². The first-order valence-corrected chi connectivity index (χ1v) is 7.65. The molecule has 6 nitrogen and oxygen atoms in total. The summed E-state index contributed by atoms with van der Waals surface area (Å²) in [4.78, 5) is 11.1. The second-order valence-electron chi connectivity index (χ2n) is 4.70. The van der Waals surface area contributed by atoms with Gasteiger partial charge in [0.05, 0.1) is 12.1 Å². The number of benzene rings is 1. The van der Waals surface area contributed by atoms with E-state index in [4.69, 9.17) is 21.4 Å². The summed E-state index contributed by atoms with van der Waals surface area (Å²) in [5, 5.41) is 9.17. The van der Waals surface area contributed by atoms with E-state index in [-0.39, 0.29) is 22.9 Å². The van der Waals surface area contributed by atoms with Crippen molar-refractivity contribution in [3.8, 4) is 5.75 Å². The maximum atomic E-state index is 12.5. The molecule has 0 spiro atoms. The van der Waals surface area contributed by atoms with Crippen LogP contribution in [0.4, 0.5) is 0 Å². The molecule has 8 heteroatoms. The zero-order valence-corrected chi connectivity index (χ0v) is 12.5. The van der Waals surface area contributed by atoms with Crippen LogP contribution < -0.4 is 4.74 Å². The average Bonchev–Trinajstić information content (AvgIpc) is 2.35. The lowest BCUT2D eigenvalue weighted by Gasteiger charge is -2.45. The second kappa shape index (κ2) is 4.91. The minimum Gasteiger partial charge on any atom is -0.497 e. The number of ether oxygens (including phenoxy) is 1. The van der Waals surface area contributed by atoms with Crippen molar-refractivity contribution in [1.29, 1.82) is 0 Å². The fraction of sp³-hybridized carbons (Fsp3) is 0.417. The number of carboxylic acids is 1. The Morgan fingerprint density at radius 1 is 1.50 bits per heavy atom. The molecule has 0 aromatic heterocycles. The van der Waals surface area contributed by atoms with E-state index in [0.29, 0.717) is 5.75 Å². The molecule has 1 saturated heterocycles. The summed E-state index contributed by atoms with van der Waals surface area (Å²) in [6.45, 7) is 1.54. The number of rotatable bonds is 4. The third kappa shape index (κ3) is 2.15. The summed E-state index contributed by atoms with van der Waals surface area (Å²) < 4.78 is 30.9. The molecule has 1 aromatic rings. The molecule has 0 radical (unpaired) electrons. The number of nitrogens with zero attached hydrogens (tertiary/aromatic N) is 1. The van der Waals surface area contributed by atoms with Gasteiger partial charge in [-0.05, 0) is 25.5 Å². The highest BCUT2D eigenvalue weighted by Gasteiger charge is 2.53. The summed E-state index contributed by atoms with van der Waals surface area (Å²) in [7, 11) is -2.50. The van der Waals surface area contributed by atoms with Crippen molar-refractivity contribution in [2.24, 2.45) is 0 Å². The molecule has 1 aliphatic rings. The zero-order valence-electron chi connectivity index (χ0n) is 11.0. The molecule has 0 aliphatic carbocycles. The van der Waals surface area contributed by atoms with Crippen molar-refractivity contribution < 1.29 is 23.1 Å². The molecule has 1 atom stereocenters. The van der Waals surface area contributed by atoms with E-state index in [1.165, 1.54) is 32.2 Å². The van der Waals surface area contributed by atoms with Crippen molar-refractivity contribution >= 4 is 27.6 Å². The van der Waals surface area contributed by atoms with Gasteiger partial charge in [0, 0.05) is 12.6 Å². The highest BCUT2D eigenvalue weighted by molar-refractivity contribution is 7.89. The molecule has 20 heavy (non-hydrogen) atoms. The Morgan fingerprint density at radius 2 is 2.15 bits per heavy atom. The largest absolute Gasteiger partial charge is 0.497 e. The summed E-state index contributed by atoms with van der Waals surface area (Å²) in [6, 6.07) is 4.17. The van der Waals surface area contributed by atoms with Crippen LogP contribution in [0.3, 0.4) is 0 Å². The monoisotopic (exact) mass is 319 g/mol. The van der Waals surface area contributed by atoms with E-state index in [9.17, 15) is 13.2 Å². The van der Waals surface area contributed by atoms with Gasteiger partial charge in [0.25, 0.3) is 0 Å². The predicted octanol–water partition coefficient (Wildman–Crippen LogP) is 1.59. The highest BCUT2D eigenvalue weighted by atomic mass is 35.5. The van der Waals surface area contributed by atoms with Crippen LogP contribution in [0, 0.1) is 0 Å². The number of hydrogen-bond donors (Lipinski definition) is 1. The van der Waals surface area contributed by atoms with E-state index in [1.54, 1.807) is 0 Å². The van der Waals surface area contributed by atoms with E-state index in [1.807, 2.05) is 0 Å². The van der Waals surface area contributed by atoms with E-state index < -0.39 is 21.5 Å². The van der Waals surface area contributed by atoms with Crippen LogP contribution in [-0.4, -0.2) is 43.0 Å². The normalized spacial score (nSPS) is 23.1. The smallest absolute Gasteiger partial charge is 0.324 e. The molecule has 1 heterocycles. The average molecular weight is 320 g/mol. The number of carbonyl (C=O) groups is 1. The molecule has 110 valence electrons. The van der Waals surface area contributed by atoms with Gasteiger partial charge in [0.2, 0.25) is 10.0 Å². The summed E-state index contributed by atoms with van der Waals surface area (Å²) in [5.41, 5.74) is -1.41.